The van der Waals surface area contributed by atoms with E-state index in [9.17, 15) is 5.11 Å². The van der Waals surface area contributed by atoms with Crippen LogP contribution >= 0.6 is 22.9 Å². The number of nitrogens with one attached hydrogen (secondary N) is 1. The van der Waals surface area contributed by atoms with Gasteiger partial charge in [-0.2, -0.15) is 0 Å². The van der Waals surface area contributed by atoms with Gasteiger partial charge in [-0.05, 0) is 41.6 Å². The van der Waals surface area contributed by atoms with Gasteiger partial charge in [0.25, 0.3) is 0 Å². The number of methoxy groups -OCH3 is 1. The highest BCUT2D eigenvalue weighted by Crippen LogP contribution is 2.37. The van der Waals surface area contributed by atoms with Crippen LogP contribution in [0, 0.1) is 0 Å². The van der Waals surface area contributed by atoms with Gasteiger partial charge < -0.3 is 19.9 Å². The second-order valence-corrected chi connectivity index (χ2v) is 7.94. The van der Waals surface area contributed by atoms with Crippen molar-refractivity contribution in [3.63, 3.8) is 0 Å². The van der Waals surface area contributed by atoms with Crippen LogP contribution in [0.1, 0.15) is 29.0 Å². The monoisotopic (exact) mass is 417 g/mol. The number of thiophene rings is 1. The predicted molar refractivity (Wildman–Crippen MR) is 114 cm³/mol. The molecule has 1 heterocycles. The summed E-state index contributed by atoms with van der Waals surface area (Å²) < 4.78 is 11.4. The Morgan fingerprint density at radius 3 is 2.61 bits per heavy atom. The first-order chi connectivity index (χ1) is 13.6. The summed E-state index contributed by atoms with van der Waals surface area (Å²) in [6.45, 7) is 2.95. The van der Waals surface area contributed by atoms with E-state index in [-0.39, 0.29) is 6.04 Å². The van der Waals surface area contributed by atoms with E-state index in [1.807, 2.05) is 66.9 Å². The molecule has 0 aliphatic rings. The van der Waals surface area contributed by atoms with E-state index >= 15 is 0 Å². The van der Waals surface area contributed by atoms with Crippen molar-refractivity contribution in [2.24, 2.45) is 0 Å². The molecule has 0 aliphatic heterocycles. The molecular formula is C22H24ClNO3S. The number of hydrogen-bond acceptors (Lipinski definition) is 5. The second kappa shape index (κ2) is 9.94. The molecule has 0 saturated heterocycles. The fraction of sp³-hybridized carbons (Fsp3) is 0.273. The van der Waals surface area contributed by atoms with Gasteiger partial charge in [0.05, 0.1) is 18.2 Å². The number of rotatable bonds is 9. The standard InChI is InChI=1S/C22H24ClNO3S/c1-15(21(25)17-7-4-3-5-8-17)24-13-16-11-19(23)22(20(12-16)26-2)27-14-18-9-6-10-28-18/h3-12,15,21,24-25H,13-14H2,1-2H3/t15-,21+/m0/s1. The maximum absolute atomic E-state index is 10.5. The molecule has 0 amide bonds. The van der Waals surface area contributed by atoms with Gasteiger partial charge in [0, 0.05) is 17.5 Å². The summed E-state index contributed by atoms with van der Waals surface area (Å²) in [6.07, 6.45) is -0.591. The molecule has 3 aromatic rings. The Kier molecular flexibility index (Phi) is 7.34. The van der Waals surface area contributed by atoms with Gasteiger partial charge >= 0.3 is 0 Å². The highest BCUT2D eigenvalue weighted by Gasteiger charge is 2.17. The van der Waals surface area contributed by atoms with Gasteiger partial charge in [-0.25, -0.2) is 0 Å². The van der Waals surface area contributed by atoms with Crippen LogP contribution in [0.4, 0.5) is 0 Å². The van der Waals surface area contributed by atoms with E-state index in [2.05, 4.69) is 5.32 Å². The molecule has 2 N–H and O–H groups in total. The average Bonchev–Trinajstić information content (AvgIpc) is 3.24. The molecule has 1 aromatic heterocycles. The Balaban J connectivity index is 1.64. The maximum atomic E-state index is 10.5. The molecule has 3 rings (SSSR count). The third-order valence-electron chi connectivity index (χ3n) is 4.47. The molecule has 2 atom stereocenters. The van der Waals surface area contributed by atoms with Gasteiger partial charge in [-0.3, -0.25) is 0 Å². The highest BCUT2D eigenvalue weighted by atomic mass is 35.5. The zero-order chi connectivity index (χ0) is 19.9. The number of aliphatic hydroxyl groups excluding tert-OH is 1. The second-order valence-electron chi connectivity index (χ2n) is 6.50. The Labute approximate surface area is 174 Å². The zero-order valence-electron chi connectivity index (χ0n) is 15.9. The Bertz CT molecular complexity index is 871. The molecular weight excluding hydrogens is 394 g/mol. The molecule has 0 radical (unpaired) electrons. The van der Waals surface area contributed by atoms with E-state index in [4.69, 9.17) is 21.1 Å². The van der Waals surface area contributed by atoms with Crippen LogP contribution in [0.5, 0.6) is 11.5 Å². The molecule has 0 bridgehead atoms. The Hall–Kier alpha value is -2.05. The maximum Gasteiger partial charge on any atom is 0.180 e. The van der Waals surface area contributed by atoms with Crippen molar-refractivity contribution in [1.29, 1.82) is 0 Å². The van der Waals surface area contributed by atoms with Crippen molar-refractivity contribution >= 4 is 22.9 Å². The van der Waals surface area contributed by atoms with Crippen LogP contribution < -0.4 is 14.8 Å². The van der Waals surface area contributed by atoms with E-state index in [1.54, 1.807) is 18.4 Å². The van der Waals surface area contributed by atoms with E-state index < -0.39 is 6.10 Å². The molecule has 4 nitrogen and oxygen atoms in total. The van der Waals surface area contributed by atoms with Crippen molar-refractivity contribution in [2.75, 3.05) is 7.11 Å². The van der Waals surface area contributed by atoms with E-state index in [1.165, 1.54) is 0 Å². The lowest BCUT2D eigenvalue weighted by Crippen LogP contribution is -2.31. The molecule has 0 aliphatic carbocycles. The SMILES string of the molecule is COc1cc(CN[C@@H](C)[C@@H](O)c2ccccc2)cc(Cl)c1OCc1cccs1. The molecule has 0 fully saturated rings. The van der Waals surface area contributed by atoms with Crippen molar-refractivity contribution in [3.05, 3.63) is 81.0 Å². The predicted octanol–water partition coefficient (Wildman–Crippen LogP) is 5.20. The largest absolute Gasteiger partial charge is 0.493 e. The summed E-state index contributed by atoms with van der Waals surface area (Å²) in [6, 6.07) is 17.3. The van der Waals surface area contributed by atoms with Crippen LogP contribution in [-0.2, 0) is 13.2 Å². The minimum absolute atomic E-state index is 0.123. The van der Waals surface area contributed by atoms with Gasteiger partial charge in [0.2, 0.25) is 0 Å². The molecule has 0 saturated carbocycles. The number of halogens is 1. The fourth-order valence-corrected chi connectivity index (χ4v) is 3.79. The quantitative estimate of drug-likeness (QED) is 0.502. The van der Waals surface area contributed by atoms with Crippen LogP contribution in [0.2, 0.25) is 5.02 Å². The topological polar surface area (TPSA) is 50.7 Å². The summed E-state index contributed by atoms with van der Waals surface area (Å²) in [4.78, 5) is 1.12. The summed E-state index contributed by atoms with van der Waals surface area (Å²) in [7, 11) is 1.60. The lowest BCUT2D eigenvalue weighted by Gasteiger charge is -2.21. The van der Waals surface area contributed by atoms with Crippen molar-refractivity contribution in [2.45, 2.75) is 32.2 Å². The normalized spacial score (nSPS) is 13.1. The third kappa shape index (κ3) is 5.26. The van der Waals surface area contributed by atoms with Crippen LogP contribution in [0.15, 0.2) is 60.0 Å². The van der Waals surface area contributed by atoms with Crippen molar-refractivity contribution < 1.29 is 14.6 Å². The number of hydrogen-bond donors (Lipinski definition) is 2. The zero-order valence-corrected chi connectivity index (χ0v) is 17.5. The van der Waals surface area contributed by atoms with Gasteiger partial charge in [-0.15, -0.1) is 11.3 Å². The smallest absolute Gasteiger partial charge is 0.180 e. The van der Waals surface area contributed by atoms with E-state index in [0.29, 0.717) is 29.7 Å². The van der Waals surface area contributed by atoms with E-state index in [0.717, 1.165) is 16.0 Å². The molecule has 0 unspecified atom stereocenters. The lowest BCUT2D eigenvalue weighted by molar-refractivity contribution is 0.135. The fourth-order valence-electron chi connectivity index (χ4n) is 2.88. The molecule has 0 spiro atoms. The average molecular weight is 418 g/mol. The summed E-state index contributed by atoms with van der Waals surface area (Å²) in [5, 5.41) is 16.4. The van der Waals surface area contributed by atoms with Crippen molar-refractivity contribution in [3.8, 4) is 11.5 Å². The number of benzene rings is 2. The van der Waals surface area contributed by atoms with Crippen LogP contribution in [0.3, 0.4) is 0 Å². The Morgan fingerprint density at radius 2 is 1.93 bits per heavy atom. The highest BCUT2D eigenvalue weighted by molar-refractivity contribution is 7.09. The molecule has 28 heavy (non-hydrogen) atoms. The molecule has 2 aromatic carbocycles. The van der Waals surface area contributed by atoms with Crippen molar-refractivity contribution in [1.82, 2.24) is 5.32 Å². The number of aliphatic hydroxyl groups is 1. The molecule has 6 heteroatoms. The first kappa shape index (κ1) is 20.7. The Morgan fingerprint density at radius 1 is 1.14 bits per heavy atom. The minimum atomic E-state index is -0.591. The first-order valence-corrected chi connectivity index (χ1v) is 10.3. The van der Waals surface area contributed by atoms with Gasteiger partial charge in [-0.1, -0.05) is 48.0 Å². The summed E-state index contributed by atoms with van der Waals surface area (Å²) in [5.41, 5.74) is 1.84. The minimum Gasteiger partial charge on any atom is -0.493 e. The third-order valence-corrected chi connectivity index (χ3v) is 5.60. The van der Waals surface area contributed by atoms with Crippen LogP contribution in [-0.4, -0.2) is 18.3 Å². The van der Waals surface area contributed by atoms with Gasteiger partial charge in [0.15, 0.2) is 11.5 Å². The summed E-state index contributed by atoms with van der Waals surface area (Å²) >= 11 is 8.08. The first-order valence-electron chi connectivity index (χ1n) is 9.06. The number of ether oxygens (including phenoxy) is 2. The van der Waals surface area contributed by atoms with Gasteiger partial charge in [0.1, 0.15) is 6.61 Å². The van der Waals surface area contributed by atoms with Crippen LogP contribution in [0.25, 0.3) is 0 Å². The summed E-state index contributed by atoms with van der Waals surface area (Å²) in [5.74, 6) is 1.14. The lowest BCUT2D eigenvalue weighted by atomic mass is 10.0. The molecule has 148 valence electrons.